The molecule has 1 atom stereocenters. The van der Waals surface area contributed by atoms with Crippen molar-refractivity contribution in [2.24, 2.45) is 5.41 Å². The minimum atomic E-state index is 0.132. The van der Waals surface area contributed by atoms with Gasteiger partial charge >= 0.3 is 0 Å². The highest BCUT2D eigenvalue weighted by atomic mass is 16.5. The van der Waals surface area contributed by atoms with Gasteiger partial charge in [0.2, 0.25) is 0 Å². The number of ether oxygens (including phenoxy) is 2. The van der Waals surface area contributed by atoms with E-state index in [0.29, 0.717) is 19.3 Å². The van der Waals surface area contributed by atoms with Crippen LogP contribution in [-0.4, -0.2) is 37.7 Å². The van der Waals surface area contributed by atoms with Gasteiger partial charge in [0.15, 0.2) is 11.5 Å². The Hall–Kier alpha value is -2.04. The average molecular weight is 383 g/mol. The fourth-order valence-corrected chi connectivity index (χ4v) is 4.02. The quantitative estimate of drug-likeness (QED) is 0.755. The summed E-state index contributed by atoms with van der Waals surface area (Å²) in [5.74, 6) is 1.64. The first-order valence-corrected chi connectivity index (χ1v) is 10.4. The van der Waals surface area contributed by atoms with Crippen LogP contribution in [0.2, 0.25) is 0 Å². The molecule has 1 aliphatic heterocycles. The molecule has 0 bridgehead atoms. The average Bonchev–Trinajstić information content (AvgIpc) is 2.68. The van der Waals surface area contributed by atoms with Crippen molar-refractivity contribution in [2.75, 3.05) is 32.8 Å². The fraction of sp³-hybridized carbons (Fsp3) is 0.500. The zero-order valence-electron chi connectivity index (χ0n) is 17.7. The molecule has 0 radical (unpaired) electrons. The van der Waals surface area contributed by atoms with Gasteiger partial charge in [-0.3, -0.25) is 4.90 Å². The molecule has 3 rings (SSSR count). The Labute approximate surface area is 169 Å². The van der Waals surface area contributed by atoms with Crippen molar-refractivity contribution in [1.29, 1.82) is 0 Å². The number of nitrogens with one attached hydrogen (secondary N) is 1. The van der Waals surface area contributed by atoms with Crippen LogP contribution in [0.4, 0.5) is 0 Å². The SMILES string of the molecule is CCOc1cc([C@H](N2CCNCC2)C(C)(C)C)ccc1OCc1ccccc1. The fourth-order valence-electron chi connectivity index (χ4n) is 4.02. The molecule has 1 aliphatic rings. The molecule has 4 nitrogen and oxygen atoms in total. The molecule has 2 aromatic carbocycles. The van der Waals surface area contributed by atoms with Gasteiger partial charge in [-0.1, -0.05) is 57.2 Å². The molecule has 28 heavy (non-hydrogen) atoms. The number of hydrogen-bond donors (Lipinski definition) is 1. The maximum absolute atomic E-state index is 6.09. The summed E-state index contributed by atoms with van der Waals surface area (Å²) in [5.41, 5.74) is 2.58. The molecule has 1 N–H and O–H groups in total. The Morgan fingerprint density at radius 2 is 1.68 bits per heavy atom. The van der Waals surface area contributed by atoms with E-state index in [0.717, 1.165) is 43.2 Å². The lowest BCUT2D eigenvalue weighted by molar-refractivity contribution is 0.0859. The molecule has 1 fully saturated rings. The van der Waals surface area contributed by atoms with Crippen molar-refractivity contribution in [3.63, 3.8) is 0 Å². The van der Waals surface area contributed by atoms with Crippen LogP contribution in [0.15, 0.2) is 48.5 Å². The van der Waals surface area contributed by atoms with E-state index in [1.54, 1.807) is 0 Å². The molecule has 0 aromatic heterocycles. The number of piperazine rings is 1. The zero-order valence-corrected chi connectivity index (χ0v) is 17.7. The topological polar surface area (TPSA) is 33.7 Å². The summed E-state index contributed by atoms with van der Waals surface area (Å²) in [7, 11) is 0. The largest absolute Gasteiger partial charge is 0.490 e. The lowest BCUT2D eigenvalue weighted by Gasteiger charge is -2.42. The van der Waals surface area contributed by atoms with E-state index in [1.807, 2.05) is 25.1 Å². The van der Waals surface area contributed by atoms with Crippen molar-refractivity contribution in [3.05, 3.63) is 59.7 Å². The molecule has 0 amide bonds. The van der Waals surface area contributed by atoms with Crippen LogP contribution in [0.3, 0.4) is 0 Å². The normalized spacial score (nSPS) is 16.6. The summed E-state index contributed by atoms with van der Waals surface area (Å²) >= 11 is 0. The smallest absolute Gasteiger partial charge is 0.161 e. The highest BCUT2D eigenvalue weighted by molar-refractivity contribution is 5.44. The van der Waals surface area contributed by atoms with E-state index < -0.39 is 0 Å². The number of rotatable bonds is 7. The summed E-state index contributed by atoms with van der Waals surface area (Å²) in [5, 5.41) is 3.46. The highest BCUT2D eigenvalue weighted by Gasteiger charge is 2.33. The molecule has 1 saturated heterocycles. The van der Waals surface area contributed by atoms with Crippen LogP contribution in [0, 0.1) is 5.41 Å². The molecule has 0 saturated carbocycles. The highest BCUT2D eigenvalue weighted by Crippen LogP contribution is 2.41. The van der Waals surface area contributed by atoms with Gasteiger partial charge in [0, 0.05) is 32.2 Å². The van der Waals surface area contributed by atoms with E-state index in [1.165, 1.54) is 5.56 Å². The van der Waals surface area contributed by atoms with Gasteiger partial charge in [0.1, 0.15) is 6.61 Å². The van der Waals surface area contributed by atoms with Gasteiger partial charge < -0.3 is 14.8 Å². The Kier molecular flexibility index (Phi) is 6.97. The second-order valence-electron chi connectivity index (χ2n) is 8.47. The predicted octanol–water partition coefficient (Wildman–Crippen LogP) is 4.66. The van der Waals surface area contributed by atoms with Crippen molar-refractivity contribution in [3.8, 4) is 11.5 Å². The predicted molar refractivity (Wildman–Crippen MR) is 115 cm³/mol. The Morgan fingerprint density at radius 3 is 2.32 bits per heavy atom. The Bertz CT molecular complexity index is 734. The summed E-state index contributed by atoms with van der Waals surface area (Å²) in [4.78, 5) is 2.59. The first-order valence-electron chi connectivity index (χ1n) is 10.4. The third-order valence-corrected chi connectivity index (χ3v) is 5.16. The molecule has 1 heterocycles. The standard InChI is InChI=1S/C24H34N2O2/c1-5-27-22-17-20(23(24(2,3)4)26-15-13-25-14-16-26)11-12-21(22)28-18-19-9-7-6-8-10-19/h6-12,17,23,25H,5,13-16,18H2,1-4H3/t23-/m0/s1. The van der Waals surface area contributed by atoms with E-state index in [9.17, 15) is 0 Å². The Balaban J connectivity index is 1.85. The minimum absolute atomic E-state index is 0.132. The third kappa shape index (κ3) is 5.27. The summed E-state index contributed by atoms with van der Waals surface area (Å²) in [6.45, 7) is 14.4. The van der Waals surface area contributed by atoms with Crippen LogP contribution in [-0.2, 0) is 6.61 Å². The molecule has 0 unspecified atom stereocenters. The first-order chi connectivity index (χ1) is 13.5. The molecular formula is C24H34N2O2. The molecule has 4 heteroatoms. The van der Waals surface area contributed by atoms with Gasteiger partial charge in [-0.15, -0.1) is 0 Å². The lowest BCUT2D eigenvalue weighted by atomic mass is 9.81. The van der Waals surface area contributed by atoms with E-state index in [2.05, 4.69) is 61.3 Å². The second kappa shape index (κ2) is 9.44. The van der Waals surface area contributed by atoms with Crippen LogP contribution in [0.5, 0.6) is 11.5 Å². The van der Waals surface area contributed by atoms with Gasteiger partial charge in [0.05, 0.1) is 6.61 Å². The van der Waals surface area contributed by atoms with Gasteiger partial charge in [0.25, 0.3) is 0 Å². The summed E-state index contributed by atoms with van der Waals surface area (Å²) < 4.78 is 12.1. The molecule has 0 spiro atoms. The Morgan fingerprint density at radius 1 is 0.964 bits per heavy atom. The first kappa shape index (κ1) is 20.7. The van der Waals surface area contributed by atoms with Crippen molar-refractivity contribution in [1.82, 2.24) is 10.2 Å². The van der Waals surface area contributed by atoms with Crippen molar-refractivity contribution < 1.29 is 9.47 Å². The van der Waals surface area contributed by atoms with Crippen LogP contribution < -0.4 is 14.8 Å². The second-order valence-corrected chi connectivity index (χ2v) is 8.47. The van der Waals surface area contributed by atoms with E-state index in [-0.39, 0.29) is 5.41 Å². The van der Waals surface area contributed by atoms with E-state index >= 15 is 0 Å². The van der Waals surface area contributed by atoms with Gasteiger partial charge in [-0.25, -0.2) is 0 Å². The molecule has 152 valence electrons. The van der Waals surface area contributed by atoms with Gasteiger partial charge in [-0.05, 0) is 35.6 Å². The lowest BCUT2D eigenvalue weighted by Crippen LogP contribution is -2.48. The number of benzene rings is 2. The maximum atomic E-state index is 6.09. The number of hydrogen-bond acceptors (Lipinski definition) is 4. The molecule has 0 aliphatic carbocycles. The summed E-state index contributed by atoms with van der Waals surface area (Å²) in [6.07, 6.45) is 0. The van der Waals surface area contributed by atoms with Crippen LogP contribution >= 0.6 is 0 Å². The monoisotopic (exact) mass is 382 g/mol. The van der Waals surface area contributed by atoms with E-state index in [4.69, 9.17) is 9.47 Å². The van der Waals surface area contributed by atoms with Crippen LogP contribution in [0.1, 0.15) is 44.9 Å². The third-order valence-electron chi connectivity index (χ3n) is 5.16. The van der Waals surface area contributed by atoms with Gasteiger partial charge in [-0.2, -0.15) is 0 Å². The van der Waals surface area contributed by atoms with Crippen LogP contribution in [0.25, 0.3) is 0 Å². The zero-order chi connectivity index (χ0) is 20.0. The molecular weight excluding hydrogens is 348 g/mol. The maximum Gasteiger partial charge on any atom is 0.161 e. The molecule has 2 aromatic rings. The van der Waals surface area contributed by atoms with Crippen molar-refractivity contribution in [2.45, 2.75) is 40.3 Å². The summed E-state index contributed by atoms with van der Waals surface area (Å²) in [6, 6.07) is 17.1. The van der Waals surface area contributed by atoms with Crippen molar-refractivity contribution >= 4 is 0 Å². The minimum Gasteiger partial charge on any atom is -0.490 e. The number of nitrogens with zero attached hydrogens (tertiary/aromatic N) is 1.